The number of para-hydroxylation sites is 1. The third-order valence-electron chi connectivity index (χ3n) is 5.81. The number of benzene rings is 2. The lowest BCUT2D eigenvalue weighted by Crippen LogP contribution is -2.50. The number of carbonyl (C=O) groups excluding carboxylic acids is 1. The molecule has 1 saturated heterocycles. The first kappa shape index (κ1) is 19.7. The molecular formula is C22H25N3O3S. The van der Waals surface area contributed by atoms with E-state index < -0.39 is 10.0 Å². The van der Waals surface area contributed by atoms with Crippen LogP contribution >= 0.6 is 0 Å². The quantitative estimate of drug-likeness (QED) is 0.666. The van der Waals surface area contributed by atoms with Crippen molar-refractivity contribution in [3.63, 3.8) is 0 Å². The number of hydrogen-bond donors (Lipinski definition) is 0. The number of sulfonamides is 1. The Balaban J connectivity index is 1.50. The van der Waals surface area contributed by atoms with Crippen molar-refractivity contribution in [1.82, 2.24) is 13.8 Å². The molecule has 1 amide bonds. The Morgan fingerprint density at radius 2 is 1.59 bits per heavy atom. The van der Waals surface area contributed by atoms with E-state index in [9.17, 15) is 13.2 Å². The van der Waals surface area contributed by atoms with Crippen molar-refractivity contribution in [2.45, 2.75) is 18.7 Å². The van der Waals surface area contributed by atoms with Crippen LogP contribution in [0.3, 0.4) is 0 Å². The minimum Gasteiger partial charge on any atom is -0.340 e. The SMILES string of the molecule is Cc1ccc(S(=O)(=O)N2CCN(C(=O)c3cc4ccccc4n3C)CC2)cc1C. The van der Waals surface area contributed by atoms with Crippen molar-refractivity contribution in [2.75, 3.05) is 26.2 Å². The lowest BCUT2D eigenvalue weighted by molar-refractivity contribution is 0.0689. The van der Waals surface area contributed by atoms with E-state index in [1.54, 1.807) is 17.0 Å². The van der Waals surface area contributed by atoms with Crippen LogP contribution in [-0.4, -0.2) is 54.3 Å². The molecule has 3 aromatic rings. The van der Waals surface area contributed by atoms with Crippen molar-refractivity contribution in [3.05, 3.63) is 65.4 Å². The third kappa shape index (κ3) is 3.45. The predicted molar refractivity (Wildman–Crippen MR) is 113 cm³/mol. The zero-order valence-electron chi connectivity index (χ0n) is 16.9. The number of aromatic nitrogens is 1. The highest BCUT2D eigenvalue weighted by molar-refractivity contribution is 7.89. The Morgan fingerprint density at radius 1 is 0.897 bits per heavy atom. The molecule has 0 N–H and O–H groups in total. The summed E-state index contributed by atoms with van der Waals surface area (Å²) in [5.41, 5.74) is 3.65. The topological polar surface area (TPSA) is 62.6 Å². The molecule has 4 rings (SSSR count). The van der Waals surface area contributed by atoms with Crippen LogP contribution in [-0.2, 0) is 17.1 Å². The van der Waals surface area contributed by atoms with Gasteiger partial charge in [-0.3, -0.25) is 4.79 Å². The van der Waals surface area contributed by atoms with Gasteiger partial charge in [-0.2, -0.15) is 4.31 Å². The summed E-state index contributed by atoms with van der Waals surface area (Å²) >= 11 is 0. The Kier molecular flexibility index (Phi) is 4.96. The van der Waals surface area contributed by atoms with Gasteiger partial charge in [-0.25, -0.2) is 8.42 Å². The molecule has 0 bridgehead atoms. The van der Waals surface area contributed by atoms with E-state index in [0.29, 0.717) is 36.8 Å². The highest BCUT2D eigenvalue weighted by Crippen LogP contribution is 2.23. The summed E-state index contributed by atoms with van der Waals surface area (Å²) < 4.78 is 29.3. The van der Waals surface area contributed by atoms with Gasteiger partial charge >= 0.3 is 0 Å². The number of piperazine rings is 1. The molecule has 1 fully saturated rings. The summed E-state index contributed by atoms with van der Waals surface area (Å²) in [5.74, 6) is -0.0630. The van der Waals surface area contributed by atoms with Gasteiger partial charge in [0.05, 0.1) is 4.90 Å². The van der Waals surface area contributed by atoms with Crippen molar-refractivity contribution in [2.24, 2.45) is 7.05 Å². The largest absolute Gasteiger partial charge is 0.340 e. The summed E-state index contributed by atoms with van der Waals surface area (Å²) in [6.07, 6.45) is 0. The minimum absolute atomic E-state index is 0.0630. The van der Waals surface area contributed by atoms with Crippen LogP contribution in [0.15, 0.2) is 53.4 Å². The number of fused-ring (bicyclic) bond motifs is 1. The molecule has 0 spiro atoms. The Hall–Kier alpha value is -2.64. The van der Waals surface area contributed by atoms with Gasteiger partial charge < -0.3 is 9.47 Å². The van der Waals surface area contributed by atoms with Crippen LogP contribution in [0.2, 0.25) is 0 Å². The molecule has 2 heterocycles. The minimum atomic E-state index is -3.55. The van der Waals surface area contributed by atoms with Gasteiger partial charge in [0, 0.05) is 44.1 Å². The maximum absolute atomic E-state index is 13.0. The van der Waals surface area contributed by atoms with Crippen molar-refractivity contribution < 1.29 is 13.2 Å². The van der Waals surface area contributed by atoms with Gasteiger partial charge in [-0.1, -0.05) is 24.3 Å². The fourth-order valence-corrected chi connectivity index (χ4v) is 5.32. The molecule has 0 radical (unpaired) electrons. The van der Waals surface area contributed by atoms with Crippen LogP contribution in [0.25, 0.3) is 10.9 Å². The Morgan fingerprint density at radius 3 is 2.24 bits per heavy atom. The molecule has 6 nitrogen and oxygen atoms in total. The predicted octanol–water partition coefficient (Wildman–Crippen LogP) is 2.94. The first-order valence-corrected chi connectivity index (χ1v) is 11.1. The number of nitrogens with zero attached hydrogens (tertiary/aromatic N) is 3. The van der Waals surface area contributed by atoms with E-state index >= 15 is 0 Å². The molecular weight excluding hydrogens is 386 g/mol. The summed E-state index contributed by atoms with van der Waals surface area (Å²) in [7, 11) is -1.67. The van der Waals surface area contributed by atoms with E-state index in [4.69, 9.17) is 0 Å². The molecule has 1 aliphatic rings. The van der Waals surface area contributed by atoms with Crippen LogP contribution in [0.4, 0.5) is 0 Å². The van der Waals surface area contributed by atoms with Crippen LogP contribution in [0.5, 0.6) is 0 Å². The second-order valence-electron chi connectivity index (χ2n) is 7.59. The van der Waals surface area contributed by atoms with Crippen molar-refractivity contribution in [3.8, 4) is 0 Å². The summed E-state index contributed by atoms with van der Waals surface area (Å²) in [4.78, 5) is 15.1. The smallest absolute Gasteiger partial charge is 0.270 e. The number of amides is 1. The third-order valence-corrected chi connectivity index (χ3v) is 7.71. The van der Waals surface area contributed by atoms with E-state index in [2.05, 4.69) is 0 Å². The summed E-state index contributed by atoms with van der Waals surface area (Å²) in [6, 6.07) is 15.0. The number of aryl methyl sites for hydroxylation is 3. The van der Waals surface area contributed by atoms with E-state index in [1.165, 1.54) is 4.31 Å². The molecule has 0 atom stereocenters. The Bertz CT molecular complexity index is 1190. The second-order valence-corrected chi connectivity index (χ2v) is 9.53. The first-order chi connectivity index (χ1) is 13.8. The van der Waals surface area contributed by atoms with Crippen LogP contribution in [0.1, 0.15) is 21.6 Å². The molecule has 1 aromatic heterocycles. The van der Waals surface area contributed by atoms with Gasteiger partial charge in [0.15, 0.2) is 0 Å². The first-order valence-electron chi connectivity index (χ1n) is 9.70. The zero-order valence-corrected chi connectivity index (χ0v) is 17.7. The average molecular weight is 412 g/mol. The van der Waals surface area contributed by atoms with Gasteiger partial charge in [-0.15, -0.1) is 0 Å². The van der Waals surface area contributed by atoms with Crippen molar-refractivity contribution >= 4 is 26.8 Å². The lowest BCUT2D eigenvalue weighted by atomic mass is 10.1. The monoisotopic (exact) mass is 411 g/mol. The lowest BCUT2D eigenvalue weighted by Gasteiger charge is -2.34. The van der Waals surface area contributed by atoms with E-state index in [-0.39, 0.29) is 5.91 Å². The average Bonchev–Trinajstić information content (AvgIpc) is 3.06. The van der Waals surface area contributed by atoms with E-state index in [1.807, 2.05) is 61.9 Å². The molecule has 152 valence electrons. The maximum Gasteiger partial charge on any atom is 0.270 e. The zero-order chi connectivity index (χ0) is 20.8. The molecule has 0 aliphatic carbocycles. The van der Waals surface area contributed by atoms with Crippen LogP contribution < -0.4 is 0 Å². The normalized spacial score (nSPS) is 15.8. The summed E-state index contributed by atoms with van der Waals surface area (Å²) in [6.45, 7) is 5.22. The molecule has 2 aromatic carbocycles. The molecule has 1 aliphatic heterocycles. The van der Waals surface area contributed by atoms with Gasteiger partial charge in [-0.05, 0) is 49.2 Å². The van der Waals surface area contributed by atoms with Crippen molar-refractivity contribution in [1.29, 1.82) is 0 Å². The fraction of sp³-hybridized carbons (Fsp3) is 0.318. The molecule has 0 saturated carbocycles. The highest BCUT2D eigenvalue weighted by atomic mass is 32.2. The number of carbonyl (C=O) groups is 1. The highest BCUT2D eigenvalue weighted by Gasteiger charge is 2.31. The number of rotatable bonds is 3. The maximum atomic E-state index is 13.0. The fourth-order valence-electron chi connectivity index (χ4n) is 3.81. The second kappa shape index (κ2) is 7.31. The molecule has 7 heteroatoms. The standard InChI is InChI=1S/C22H25N3O3S/c1-16-8-9-19(14-17(16)2)29(27,28)25-12-10-24(11-13-25)22(26)21-15-18-6-4-5-7-20(18)23(21)3/h4-9,14-15H,10-13H2,1-3H3. The van der Waals surface area contributed by atoms with E-state index in [0.717, 1.165) is 22.0 Å². The molecule has 29 heavy (non-hydrogen) atoms. The van der Waals surface area contributed by atoms with Gasteiger partial charge in [0.1, 0.15) is 5.69 Å². The Labute approximate surface area is 171 Å². The summed E-state index contributed by atoms with van der Waals surface area (Å²) in [5, 5.41) is 1.02. The van der Waals surface area contributed by atoms with Crippen LogP contribution in [0, 0.1) is 13.8 Å². The molecule has 0 unspecified atom stereocenters. The van der Waals surface area contributed by atoms with Gasteiger partial charge in [0.2, 0.25) is 10.0 Å². The van der Waals surface area contributed by atoms with Gasteiger partial charge in [0.25, 0.3) is 5.91 Å². The number of hydrogen-bond acceptors (Lipinski definition) is 3.